The van der Waals surface area contributed by atoms with Crippen LogP contribution in [0.15, 0.2) is 41.7 Å². The van der Waals surface area contributed by atoms with Crippen LogP contribution in [0, 0.1) is 6.92 Å². The Morgan fingerprint density at radius 2 is 2.04 bits per heavy atom. The molecule has 0 saturated heterocycles. The van der Waals surface area contributed by atoms with Gasteiger partial charge in [0.15, 0.2) is 5.96 Å². The molecule has 0 fully saturated rings. The number of nitrogens with zero attached hydrogens (tertiary/aromatic N) is 3. The van der Waals surface area contributed by atoms with Crippen LogP contribution in [-0.4, -0.2) is 28.8 Å². The lowest BCUT2D eigenvalue weighted by molar-refractivity contribution is 0.765. The smallest absolute Gasteiger partial charge is 0.191 e. The zero-order valence-corrected chi connectivity index (χ0v) is 16.4. The van der Waals surface area contributed by atoms with Gasteiger partial charge in [0.25, 0.3) is 0 Å². The van der Waals surface area contributed by atoms with E-state index >= 15 is 0 Å². The minimum atomic E-state index is 0. The maximum Gasteiger partial charge on any atom is 0.191 e. The molecule has 0 saturated carbocycles. The molecule has 0 aliphatic heterocycles. The maximum absolute atomic E-state index is 4.65. The van der Waals surface area contributed by atoms with Crippen LogP contribution in [0.1, 0.15) is 23.6 Å². The van der Waals surface area contributed by atoms with E-state index in [9.17, 15) is 0 Å². The molecule has 1 heterocycles. The number of aliphatic imine (C=N–C) groups is 1. The van der Waals surface area contributed by atoms with Crippen LogP contribution in [0.3, 0.4) is 0 Å². The van der Waals surface area contributed by atoms with Gasteiger partial charge in [-0.25, -0.2) is 4.99 Å². The third kappa shape index (κ3) is 6.60. The zero-order chi connectivity index (χ0) is 15.8. The van der Waals surface area contributed by atoms with Crippen molar-refractivity contribution in [2.75, 3.05) is 13.1 Å². The Balaban J connectivity index is 0.00000264. The van der Waals surface area contributed by atoms with Crippen LogP contribution in [0.2, 0.25) is 0 Å². The van der Waals surface area contributed by atoms with Crippen molar-refractivity contribution in [2.24, 2.45) is 12.0 Å². The van der Waals surface area contributed by atoms with Crippen molar-refractivity contribution < 1.29 is 0 Å². The topological polar surface area (TPSA) is 54.2 Å². The van der Waals surface area contributed by atoms with Crippen molar-refractivity contribution in [3.8, 4) is 0 Å². The first-order valence-electron chi connectivity index (χ1n) is 7.73. The van der Waals surface area contributed by atoms with Crippen molar-refractivity contribution in [3.63, 3.8) is 0 Å². The molecule has 6 heteroatoms. The van der Waals surface area contributed by atoms with Gasteiger partial charge in [0.1, 0.15) is 0 Å². The lowest BCUT2D eigenvalue weighted by atomic mass is 10.1. The number of rotatable bonds is 6. The molecule has 126 valence electrons. The quantitative estimate of drug-likeness (QED) is 0.424. The van der Waals surface area contributed by atoms with Gasteiger partial charge in [0.2, 0.25) is 0 Å². The summed E-state index contributed by atoms with van der Waals surface area (Å²) in [6, 6.07) is 8.35. The van der Waals surface area contributed by atoms with Gasteiger partial charge < -0.3 is 10.6 Å². The van der Waals surface area contributed by atoms with Gasteiger partial charge in [-0.05, 0) is 37.0 Å². The van der Waals surface area contributed by atoms with Gasteiger partial charge in [0.05, 0.1) is 12.7 Å². The Hall–Kier alpha value is -1.57. The number of hydrogen-bond donors (Lipinski definition) is 2. The molecule has 0 spiro atoms. The molecule has 0 atom stereocenters. The fraction of sp³-hybridized carbons (Fsp3) is 0.412. The van der Waals surface area contributed by atoms with E-state index < -0.39 is 0 Å². The third-order valence-electron chi connectivity index (χ3n) is 3.48. The number of guanidine groups is 1. The molecule has 23 heavy (non-hydrogen) atoms. The van der Waals surface area contributed by atoms with Crippen molar-refractivity contribution in [3.05, 3.63) is 53.3 Å². The maximum atomic E-state index is 4.65. The second kappa shape index (κ2) is 10.3. The largest absolute Gasteiger partial charge is 0.357 e. The number of nitrogens with one attached hydrogen (secondary N) is 2. The third-order valence-corrected chi connectivity index (χ3v) is 3.48. The fourth-order valence-electron chi connectivity index (χ4n) is 2.22. The van der Waals surface area contributed by atoms with Crippen LogP contribution < -0.4 is 10.6 Å². The minimum absolute atomic E-state index is 0. The zero-order valence-electron chi connectivity index (χ0n) is 14.0. The van der Waals surface area contributed by atoms with E-state index in [1.807, 2.05) is 24.1 Å². The van der Waals surface area contributed by atoms with Crippen LogP contribution in [0.25, 0.3) is 0 Å². The molecule has 2 rings (SSSR count). The van der Waals surface area contributed by atoms with Gasteiger partial charge in [-0.3, -0.25) is 4.68 Å². The first-order chi connectivity index (χ1) is 10.7. The molecule has 2 aromatic rings. The molecule has 1 aromatic carbocycles. The number of aryl methyl sites for hydroxylation is 2. The SMILES string of the molecule is CCNC(=NCc1ccccc1C)NCCc1cnn(C)c1.I. The number of halogens is 1. The summed E-state index contributed by atoms with van der Waals surface area (Å²) in [6.45, 7) is 6.58. The molecule has 0 radical (unpaired) electrons. The molecular weight excluding hydrogens is 401 g/mol. The predicted molar refractivity (Wildman–Crippen MR) is 106 cm³/mol. The number of hydrogen-bond acceptors (Lipinski definition) is 2. The molecule has 0 aliphatic rings. The van der Waals surface area contributed by atoms with E-state index in [2.05, 4.69) is 58.8 Å². The Labute approximate surface area is 155 Å². The summed E-state index contributed by atoms with van der Waals surface area (Å²) in [5.74, 6) is 0.856. The summed E-state index contributed by atoms with van der Waals surface area (Å²) in [4.78, 5) is 4.65. The Bertz CT molecular complexity index is 621. The van der Waals surface area contributed by atoms with Crippen molar-refractivity contribution in [1.29, 1.82) is 0 Å². The summed E-state index contributed by atoms with van der Waals surface area (Å²) in [5.41, 5.74) is 3.76. The van der Waals surface area contributed by atoms with Crippen molar-refractivity contribution in [2.45, 2.75) is 26.8 Å². The standard InChI is InChI=1S/C17H25N5.HI/c1-4-18-17(19-10-9-15-11-21-22(3)13-15)20-12-16-8-6-5-7-14(16)2;/h5-8,11,13H,4,9-10,12H2,1-3H3,(H2,18,19,20);1H. The number of benzene rings is 1. The van der Waals surface area contributed by atoms with Gasteiger partial charge >= 0.3 is 0 Å². The van der Waals surface area contributed by atoms with E-state index in [4.69, 9.17) is 0 Å². The van der Waals surface area contributed by atoms with Crippen LogP contribution in [-0.2, 0) is 20.0 Å². The van der Waals surface area contributed by atoms with Gasteiger partial charge in [0, 0.05) is 26.3 Å². The highest BCUT2D eigenvalue weighted by Crippen LogP contribution is 2.07. The summed E-state index contributed by atoms with van der Waals surface area (Å²) in [5, 5.41) is 10.8. The summed E-state index contributed by atoms with van der Waals surface area (Å²) in [6.07, 6.45) is 4.88. The van der Waals surface area contributed by atoms with Crippen molar-refractivity contribution >= 4 is 29.9 Å². The molecule has 0 amide bonds. The van der Waals surface area contributed by atoms with E-state index in [0.29, 0.717) is 6.54 Å². The highest BCUT2D eigenvalue weighted by molar-refractivity contribution is 14.0. The summed E-state index contributed by atoms with van der Waals surface area (Å²) < 4.78 is 1.83. The van der Waals surface area contributed by atoms with E-state index in [0.717, 1.165) is 25.5 Å². The van der Waals surface area contributed by atoms with Crippen molar-refractivity contribution in [1.82, 2.24) is 20.4 Å². The Morgan fingerprint density at radius 1 is 1.26 bits per heavy atom. The molecule has 0 unspecified atom stereocenters. The normalized spacial score (nSPS) is 11.0. The minimum Gasteiger partial charge on any atom is -0.357 e. The van der Waals surface area contributed by atoms with Gasteiger partial charge in [-0.1, -0.05) is 24.3 Å². The molecule has 2 N–H and O–H groups in total. The lowest BCUT2D eigenvalue weighted by Crippen LogP contribution is -2.38. The van der Waals surface area contributed by atoms with Gasteiger partial charge in [-0.15, -0.1) is 24.0 Å². The second-order valence-corrected chi connectivity index (χ2v) is 5.32. The first kappa shape index (κ1) is 19.5. The van der Waals surface area contributed by atoms with E-state index in [1.54, 1.807) is 0 Å². The average Bonchev–Trinajstić information content (AvgIpc) is 2.92. The Morgan fingerprint density at radius 3 is 2.70 bits per heavy atom. The average molecular weight is 427 g/mol. The molecule has 5 nitrogen and oxygen atoms in total. The fourth-order valence-corrected chi connectivity index (χ4v) is 2.22. The number of aromatic nitrogens is 2. The lowest BCUT2D eigenvalue weighted by Gasteiger charge is -2.11. The molecule has 0 bridgehead atoms. The van der Waals surface area contributed by atoms with E-state index in [-0.39, 0.29) is 24.0 Å². The highest BCUT2D eigenvalue weighted by atomic mass is 127. The van der Waals surface area contributed by atoms with Crippen LogP contribution >= 0.6 is 24.0 Å². The summed E-state index contributed by atoms with van der Waals surface area (Å²) in [7, 11) is 1.94. The van der Waals surface area contributed by atoms with Crippen LogP contribution in [0.4, 0.5) is 0 Å². The summed E-state index contributed by atoms with van der Waals surface area (Å²) >= 11 is 0. The predicted octanol–water partition coefficient (Wildman–Crippen LogP) is 2.64. The Kier molecular flexibility index (Phi) is 8.68. The second-order valence-electron chi connectivity index (χ2n) is 5.32. The molecule has 0 aliphatic carbocycles. The first-order valence-corrected chi connectivity index (χ1v) is 7.73. The highest BCUT2D eigenvalue weighted by Gasteiger charge is 2.01. The molecular formula is C17H26IN5. The van der Waals surface area contributed by atoms with Gasteiger partial charge in [-0.2, -0.15) is 5.10 Å². The monoisotopic (exact) mass is 427 g/mol. The molecule has 1 aromatic heterocycles. The van der Waals surface area contributed by atoms with Crippen LogP contribution in [0.5, 0.6) is 0 Å². The van der Waals surface area contributed by atoms with E-state index in [1.165, 1.54) is 16.7 Å².